The number of ether oxygens (including phenoxy) is 1. The molecule has 0 radical (unpaired) electrons. The van der Waals surface area contributed by atoms with E-state index in [1.54, 1.807) is 13.2 Å². The molecule has 2 atom stereocenters. The zero-order valence-corrected chi connectivity index (χ0v) is 23.2. The molecule has 8 nitrogen and oxygen atoms in total. The first-order valence-corrected chi connectivity index (χ1v) is 13.4. The number of rotatable bonds is 7. The van der Waals surface area contributed by atoms with Gasteiger partial charge in [0.25, 0.3) is 5.91 Å². The highest BCUT2D eigenvalue weighted by Gasteiger charge is 2.46. The van der Waals surface area contributed by atoms with Crippen molar-refractivity contribution in [3.63, 3.8) is 0 Å². The number of nitrogens with zero attached hydrogens (tertiary/aromatic N) is 4. The average Bonchev–Trinajstić information content (AvgIpc) is 3.40. The third kappa shape index (κ3) is 6.31. The molecule has 214 valence electrons. The summed E-state index contributed by atoms with van der Waals surface area (Å²) in [6, 6.07) is 14.7. The quantitative estimate of drug-likeness (QED) is 0.322. The number of aryl methyl sites for hydroxylation is 1. The summed E-state index contributed by atoms with van der Waals surface area (Å²) in [6.07, 6.45) is 4.15. The van der Waals surface area contributed by atoms with E-state index in [2.05, 4.69) is 10.1 Å². The van der Waals surface area contributed by atoms with Crippen molar-refractivity contribution in [1.82, 2.24) is 19.7 Å². The molecule has 3 heterocycles. The molecule has 4 aromatic rings. The van der Waals surface area contributed by atoms with Gasteiger partial charge in [0.1, 0.15) is 17.2 Å². The van der Waals surface area contributed by atoms with Crippen LogP contribution in [-0.4, -0.2) is 48.0 Å². The number of amides is 1. The van der Waals surface area contributed by atoms with E-state index >= 15 is 4.39 Å². The summed E-state index contributed by atoms with van der Waals surface area (Å²) in [6.45, 7) is 1.39. The zero-order chi connectivity index (χ0) is 29.4. The van der Waals surface area contributed by atoms with E-state index in [1.165, 1.54) is 47.0 Å². The Kier molecular flexibility index (Phi) is 7.93. The summed E-state index contributed by atoms with van der Waals surface area (Å²) in [5.41, 5.74) is -1.48. The van der Waals surface area contributed by atoms with E-state index in [0.717, 1.165) is 11.2 Å². The maximum Gasteiger partial charge on any atom is 0.257 e. The molecule has 2 unspecified atom stereocenters. The third-order valence-electron chi connectivity index (χ3n) is 7.17. The predicted molar refractivity (Wildman–Crippen MR) is 147 cm³/mol. The molecule has 0 saturated heterocycles. The summed E-state index contributed by atoms with van der Waals surface area (Å²) < 4.78 is 36.2. The second-order valence-corrected chi connectivity index (χ2v) is 10.9. The lowest BCUT2D eigenvalue weighted by Gasteiger charge is -2.26. The van der Waals surface area contributed by atoms with Gasteiger partial charge >= 0.3 is 0 Å². The van der Waals surface area contributed by atoms with Gasteiger partial charge in [-0.05, 0) is 61.7 Å². The Hall–Kier alpha value is -3.70. The fourth-order valence-electron chi connectivity index (χ4n) is 4.52. The molecule has 1 aliphatic heterocycles. The number of benzene rings is 2. The number of fused-ring (bicyclic) bond motifs is 1. The number of carbonyl (C=O) groups is 1. The average molecular weight is 583 g/mol. The summed E-state index contributed by atoms with van der Waals surface area (Å²) in [5.74, 6) is -1.75. The van der Waals surface area contributed by atoms with E-state index in [9.17, 15) is 19.4 Å². The maximum atomic E-state index is 15.5. The molecule has 1 amide bonds. The van der Waals surface area contributed by atoms with Crippen LogP contribution < -0.4 is 0 Å². The number of pyridine rings is 1. The second-order valence-electron chi connectivity index (χ2n) is 10.5. The zero-order valence-electron chi connectivity index (χ0n) is 22.5. The van der Waals surface area contributed by atoms with Crippen molar-refractivity contribution in [3.8, 4) is 0 Å². The fraction of sp³-hybridized carbons (Fsp3) is 0.300. The first-order chi connectivity index (χ1) is 19.5. The van der Waals surface area contributed by atoms with Gasteiger partial charge in [-0.25, -0.2) is 8.78 Å². The van der Waals surface area contributed by atoms with Crippen molar-refractivity contribution in [2.45, 2.75) is 43.7 Å². The van der Waals surface area contributed by atoms with E-state index in [-0.39, 0.29) is 29.8 Å². The molecule has 41 heavy (non-hydrogen) atoms. The number of aromatic nitrogens is 3. The lowest BCUT2D eigenvalue weighted by atomic mass is 9.88. The molecule has 2 N–H and O–H groups in total. The highest BCUT2D eigenvalue weighted by Crippen LogP contribution is 2.43. The normalized spacial score (nSPS) is 18.4. The Bertz CT molecular complexity index is 1540. The van der Waals surface area contributed by atoms with Crippen LogP contribution in [0.15, 0.2) is 73.2 Å². The third-order valence-corrected chi connectivity index (χ3v) is 7.42. The van der Waals surface area contributed by atoms with Gasteiger partial charge in [-0.3, -0.25) is 14.5 Å². The van der Waals surface area contributed by atoms with Gasteiger partial charge in [0.05, 0.1) is 42.4 Å². The molecule has 2 aliphatic rings. The summed E-state index contributed by atoms with van der Waals surface area (Å²) in [7, 11) is 1.70. The van der Waals surface area contributed by atoms with E-state index < -0.39 is 35.0 Å². The molecule has 1 saturated carbocycles. The van der Waals surface area contributed by atoms with Gasteiger partial charge in [0, 0.05) is 29.4 Å². The van der Waals surface area contributed by atoms with Crippen molar-refractivity contribution < 1.29 is 28.5 Å². The Morgan fingerprint density at radius 3 is 2.41 bits per heavy atom. The lowest BCUT2D eigenvalue weighted by Crippen LogP contribution is -2.32. The van der Waals surface area contributed by atoms with Gasteiger partial charge < -0.3 is 19.8 Å². The molecule has 2 aromatic carbocycles. The highest BCUT2D eigenvalue weighted by atomic mass is 35.5. The van der Waals surface area contributed by atoms with E-state index in [0.29, 0.717) is 24.1 Å². The SMILES string of the molecule is Clc1ccccc1.Cn1cc(C(C)(O)c2cc(F)c3c(c2)C(=O)N(Cc2ccc(F)cn2)C3OCC2(O)CC2)cn1. The van der Waals surface area contributed by atoms with Crippen LogP contribution in [0.3, 0.4) is 0 Å². The molecule has 1 fully saturated rings. The Labute approximate surface area is 240 Å². The predicted octanol–water partition coefficient (Wildman–Crippen LogP) is 4.89. The van der Waals surface area contributed by atoms with Crippen LogP contribution in [0.4, 0.5) is 8.78 Å². The van der Waals surface area contributed by atoms with Crippen molar-refractivity contribution in [3.05, 3.63) is 118 Å². The first-order valence-electron chi connectivity index (χ1n) is 13.0. The maximum absolute atomic E-state index is 15.5. The number of carbonyl (C=O) groups excluding carboxylic acids is 1. The number of hydrogen-bond donors (Lipinski definition) is 2. The van der Waals surface area contributed by atoms with Crippen LogP contribution in [0.2, 0.25) is 5.02 Å². The van der Waals surface area contributed by atoms with E-state index in [4.69, 9.17) is 16.3 Å². The number of halogens is 3. The minimum atomic E-state index is -1.60. The smallest absolute Gasteiger partial charge is 0.257 e. The Morgan fingerprint density at radius 2 is 1.85 bits per heavy atom. The van der Waals surface area contributed by atoms with Crippen LogP contribution in [-0.2, 0) is 23.9 Å². The number of hydrogen-bond acceptors (Lipinski definition) is 6. The molecule has 2 aromatic heterocycles. The summed E-state index contributed by atoms with van der Waals surface area (Å²) >= 11 is 5.54. The first kappa shape index (κ1) is 28.8. The fourth-order valence-corrected chi connectivity index (χ4v) is 4.67. The molecule has 6 rings (SSSR count). The van der Waals surface area contributed by atoms with Crippen molar-refractivity contribution in [2.24, 2.45) is 7.05 Å². The van der Waals surface area contributed by atoms with Gasteiger partial charge in [0.2, 0.25) is 0 Å². The molecular formula is C30H29ClF2N4O4. The van der Waals surface area contributed by atoms with Crippen LogP contribution >= 0.6 is 11.6 Å². The minimum absolute atomic E-state index is 0.0297. The molecule has 0 bridgehead atoms. The minimum Gasteiger partial charge on any atom is -0.387 e. The standard InChI is InChI=1S/C24H24F2N4O4.C6H5Cl/c1-23(32,15-9-28-29(2)11-15)14-7-18-20(19(26)8-14)22(34-13-24(33)5-6-24)30(21(18)31)12-17-4-3-16(25)10-27-17;7-6-4-2-1-3-5-6/h3-4,7-11,22,32-33H,5-6,12-13H2,1-2H3;1-5H. The molecule has 0 spiro atoms. The Balaban J connectivity index is 0.000000423. The van der Waals surface area contributed by atoms with Crippen LogP contribution in [0.5, 0.6) is 0 Å². The lowest BCUT2D eigenvalue weighted by molar-refractivity contribution is -0.0814. The second kappa shape index (κ2) is 11.3. The monoisotopic (exact) mass is 582 g/mol. The van der Waals surface area contributed by atoms with Gasteiger partial charge in [-0.2, -0.15) is 5.10 Å². The van der Waals surface area contributed by atoms with Gasteiger partial charge in [0.15, 0.2) is 6.23 Å². The Morgan fingerprint density at radius 1 is 1.12 bits per heavy atom. The summed E-state index contributed by atoms with van der Waals surface area (Å²) in [4.78, 5) is 18.7. The van der Waals surface area contributed by atoms with Crippen LogP contribution in [0.1, 0.15) is 58.7 Å². The van der Waals surface area contributed by atoms with Gasteiger partial charge in [-0.15, -0.1) is 0 Å². The van der Waals surface area contributed by atoms with E-state index in [1.807, 2.05) is 30.3 Å². The molecular weight excluding hydrogens is 554 g/mol. The van der Waals surface area contributed by atoms with Crippen LogP contribution in [0, 0.1) is 11.6 Å². The largest absolute Gasteiger partial charge is 0.387 e. The molecule has 1 aliphatic carbocycles. The van der Waals surface area contributed by atoms with Crippen LogP contribution in [0.25, 0.3) is 0 Å². The van der Waals surface area contributed by atoms with Gasteiger partial charge in [-0.1, -0.05) is 29.8 Å². The number of aliphatic hydroxyl groups is 2. The molecule has 11 heteroatoms. The van der Waals surface area contributed by atoms with Crippen molar-refractivity contribution >= 4 is 17.5 Å². The van der Waals surface area contributed by atoms with Crippen molar-refractivity contribution in [2.75, 3.05) is 6.61 Å². The summed E-state index contributed by atoms with van der Waals surface area (Å²) in [5, 5.41) is 26.3. The highest BCUT2D eigenvalue weighted by molar-refractivity contribution is 6.30. The topological polar surface area (TPSA) is 101 Å². The van der Waals surface area contributed by atoms with Crippen molar-refractivity contribution in [1.29, 1.82) is 0 Å².